The number of nitrogens with one attached hydrogen (secondary N) is 1. The zero-order valence-corrected chi connectivity index (χ0v) is 10.7. The van der Waals surface area contributed by atoms with Gasteiger partial charge in [0.25, 0.3) is 0 Å². The van der Waals surface area contributed by atoms with E-state index in [-0.39, 0.29) is 12.6 Å². The highest BCUT2D eigenvalue weighted by Gasteiger charge is 2.47. The molecule has 0 radical (unpaired) electrons. The van der Waals surface area contributed by atoms with Gasteiger partial charge < -0.3 is 15.2 Å². The molecule has 0 aromatic carbocycles. The number of anilines is 1. The fourth-order valence-electron chi connectivity index (χ4n) is 1.92. The second-order valence-electron chi connectivity index (χ2n) is 4.88. The van der Waals surface area contributed by atoms with Crippen LogP contribution in [0.15, 0.2) is 6.20 Å². The van der Waals surface area contributed by atoms with Crippen LogP contribution >= 0.6 is 0 Å². The van der Waals surface area contributed by atoms with Gasteiger partial charge in [-0.15, -0.1) is 0 Å². The van der Waals surface area contributed by atoms with Crippen LogP contribution in [0.25, 0.3) is 0 Å². The Hall–Kier alpha value is -1.69. The summed E-state index contributed by atoms with van der Waals surface area (Å²) < 4.78 is 5.28. The summed E-state index contributed by atoms with van der Waals surface area (Å²) in [5.41, 5.74) is 0.608. The summed E-state index contributed by atoms with van der Waals surface area (Å²) in [5.74, 6) is -0.242. The summed E-state index contributed by atoms with van der Waals surface area (Å²) in [6.07, 6.45) is 1.68. The van der Waals surface area contributed by atoms with Crippen molar-refractivity contribution in [2.24, 2.45) is 5.41 Å². The highest BCUT2D eigenvalue weighted by Crippen LogP contribution is 2.31. The van der Waals surface area contributed by atoms with Crippen LogP contribution in [0.4, 0.5) is 5.82 Å². The molecule has 0 aliphatic carbocycles. The van der Waals surface area contributed by atoms with Crippen LogP contribution in [0.3, 0.4) is 0 Å². The molecule has 2 N–H and O–H groups in total. The van der Waals surface area contributed by atoms with E-state index in [1.807, 2.05) is 13.8 Å². The SMILES string of the molecule is Cc1cnc(C)c(NC2COCC2(C)C(=O)O)n1. The largest absolute Gasteiger partial charge is 0.481 e. The van der Waals surface area contributed by atoms with Crippen molar-refractivity contribution in [2.75, 3.05) is 18.5 Å². The summed E-state index contributed by atoms with van der Waals surface area (Å²) in [5, 5.41) is 12.4. The number of carbonyl (C=O) groups is 1. The Balaban J connectivity index is 2.23. The van der Waals surface area contributed by atoms with Crippen LogP contribution < -0.4 is 5.32 Å². The predicted molar refractivity (Wildman–Crippen MR) is 65.5 cm³/mol. The van der Waals surface area contributed by atoms with Crippen molar-refractivity contribution in [3.8, 4) is 0 Å². The lowest BCUT2D eigenvalue weighted by molar-refractivity contribution is -0.148. The molecule has 0 saturated carbocycles. The number of carboxylic acid groups (broad SMARTS) is 1. The summed E-state index contributed by atoms with van der Waals surface area (Å²) in [6, 6.07) is -0.301. The van der Waals surface area contributed by atoms with E-state index in [0.717, 1.165) is 11.4 Å². The number of aryl methyl sites for hydroxylation is 2. The molecule has 2 unspecified atom stereocenters. The molecule has 1 aliphatic rings. The monoisotopic (exact) mass is 251 g/mol. The van der Waals surface area contributed by atoms with Crippen molar-refractivity contribution in [2.45, 2.75) is 26.8 Å². The van der Waals surface area contributed by atoms with E-state index in [1.165, 1.54) is 0 Å². The number of nitrogens with zero attached hydrogens (tertiary/aromatic N) is 2. The average molecular weight is 251 g/mol. The average Bonchev–Trinajstić information content (AvgIpc) is 2.67. The van der Waals surface area contributed by atoms with Crippen LogP contribution in [0, 0.1) is 19.3 Å². The minimum atomic E-state index is -0.933. The summed E-state index contributed by atoms with van der Waals surface area (Å²) in [6.45, 7) is 5.93. The van der Waals surface area contributed by atoms with E-state index in [1.54, 1.807) is 13.1 Å². The van der Waals surface area contributed by atoms with Gasteiger partial charge in [-0.2, -0.15) is 0 Å². The third-order valence-corrected chi connectivity index (χ3v) is 3.33. The molecule has 1 aliphatic heterocycles. The van der Waals surface area contributed by atoms with E-state index < -0.39 is 11.4 Å². The molecule has 2 heterocycles. The molecular weight excluding hydrogens is 234 g/mol. The predicted octanol–water partition coefficient (Wildman–Crippen LogP) is 0.995. The second kappa shape index (κ2) is 4.53. The molecule has 6 nitrogen and oxygen atoms in total. The number of carboxylic acids is 1. The van der Waals surface area contributed by atoms with Crippen LogP contribution in [0.2, 0.25) is 0 Å². The molecule has 1 aromatic heterocycles. The zero-order valence-electron chi connectivity index (χ0n) is 10.7. The van der Waals surface area contributed by atoms with E-state index >= 15 is 0 Å². The fourth-order valence-corrected chi connectivity index (χ4v) is 1.92. The molecule has 6 heteroatoms. The Morgan fingerprint density at radius 3 is 3.00 bits per heavy atom. The van der Waals surface area contributed by atoms with Crippen molar-refractivity contribution in [1.82, 2.24) is 9.97 Å². The molecular formula is C12H17N3O3. The lowest BCUT2D eigenvalue weighted by Gasteiger charge is -2.26. The van der Waals surface area contributed by atoms with E-state index in [2.05, 4.69) is 15.3 Å². The van der Waals surface area contributed by atoms with Crippen molar-refractivity contribution >= 4 is 11.8 Å². The van der Waals surface area contributed by atoms with E-state index in [4.69, 9.17) is 4.74 Å². The Morgan fingerprint density at radius 2 is 2.33 bits per heavy atom. The molecule has 0 amide bonds. The number of aromatic nitrogens is 2. The van der Waals surface area contributed by atoms with Gasteiger partial charge in [0.2, 0.25) is 0 Å². The Labute approximate surface area is 105 Å². The highest BCUT2D eigenvalue weighted by molar-refractivity contribution is 5.76. The van der Waals surface area contributed by atoms with Crippen LogP contribution in [-0.2, 0) is 9.53 Å². The van der Waals surface area contributed by atoms with Gasteiger partial charge in [0.1, 0.15) is 11.2 Å². The van der Waals surface area contributed by atoms with Gasteiger partial charge in [0.05, 0.1) is 30.6 Å². The van der Waals surface area contributed by atoms with Gasteiger partial charge in [-0.3, -0.25) is 9.78 Å². The molecule has 1 saturated heterocycles. The maximum atomic E-state index is 11.3. The molecule has 1 aromatic rings. The number of rotatable bonds is 3. The number of aliphatic carboxylic acids is 1. The molecule has 98 valence electrons. The number of ether oxygens (including phenoxy) is 1. The molecule has 1 fully saturated rings. The van der Waals surface area contributed by atoms with Crippen LogP contribution in [0.5, 0.6) is 0 Å². The van der Waals surface area contributed by atoms with Crippen molar-refractivity contribution in [1.29, 1.82) is 0 Å². The summed E-state index contributed by atoms with van der Waals surface area (Å²) in [7, 11) is 0. The first kappa shape index (κ1) is 12.8. The maximum absolute atomic E-state index is 11.3. The Kier molecular flexibility index (Phi) is 3.21. The third kappa shape index (κ3) is 2.15. The standard InChI is InChI=1S/C12H17N3O3/c1-7-4-13-8(2)10(14-7)15-9-5-18-6-12(9,3)11(16)17/h4,9H,5-6H2,1-3H3,(H,14,15)(H,16,17). The van der Waals surface area contributed by atoms with Crippen molar-refractivity contribution in [3.63, 3.8) is 0 Å². The lowest BCUT2D eigenvalue weighted by Crippen LogP contribution is -2.43. The fraction of sp³-hybridized carbons (Fsp3) is 0.583. The summed E-state index contributed by atoms with van der Waals surface area (Å²) in [4.78, 5) is 19.9. The zero-order chi connectivity index (χ0) is 13.3. The Bertz CT molecular complexity index is 478. The first-order valence-corrected chi connectivity index (χ1v) is 5.81. The first-order valence-electron chi connectivity index (χ1n) is 5.81. The molecule has 0 spiro atoms. The second-order valence-corrected chi connectivity index (χ2v) is 4.88. The number of hydrogen-bond acceptors (Lipinski definition) is 5. The Morgan fingerprint density at radius 1 is 1.61 bits per heavy atom. The number of hydrogen-bond donors (Lipinski definition) is 2. The van der Waals surface area contributed by atoms with Crippen molar-refractivity contribution < 1.29 is 14.6 Å². The molecule has 0 bridgehead atoms. The van der Waals surface area contributed by atoms with Crippen molar-refractivity contribution in [3.05, 3.63) is 17.6 Å². The van der Waals surface area contributed by atoms with Crippen LogP contribution in [0.1, 0.15) is 18.3 Å². The normalized spacial score (nSPS) is 27.2. The minimum absolute atomic E-state index is 0.207. The van der Waals surface area contributed by atoms with E-state index in [9.17, 15) is 9.90 Å². The van der Waals surface area contributed by atoms with Gasteiger partial charge >= 0.3 is 5.97 Å². The van der Waals surface area contributed by atoms with Crippen LogP contribution in [-0.4, -0.2) is 40.3 Å². The summed E-state index contributed by atoms with van der Waals surface area (Å²) >= 11 is 0. The first-order chi connectivity index (χ1) is 8.43. The van der Waals surface area contributed by atoms with Gasteiger partial charge in [-0.25, -0.2) is 4.98 Å². The quantitative estimate of drug-likeness (QED) is 0.833. The van der Waals surface area contributed by atoms with E-state index in [0.29, 0.717) is 12.4 Å². The topological polar surface area (TPSA) is 84.3 Å². The molecule has 2 rings (SSSR count). The minimum Gasteiger partial charge on any atom is -0.481 e. The van der Waals surface area contributed by atoms with Gasteiger partial charge in [-0.1, -0.05) is 0 Å². The molecule has 2 atom stereocenters. The van der Waals surface area contributed by atoms with Gasteiger partial charge in [-0.05, 0) is 20.8 Å². The van der Waals surface area contributed by atoms with Gasteiger partial charge in [0, 0.05) is 6.20 Å². The van der Waals surface area contributed by atoms with Gasteiger partial charge in [0.15, 0.2) is 0 Å². The third-order valence-electron chi connectivity index (χ3n) is 3.33. The highest BCUT2D eigenvalue weighted by atomic mass is 16.5. The smallest absolute Gasteiger partial charge is 0.313 e. The maximum Gasteiger partial charge on any atom is 0.313 e. The lowest BCUT2D eigenvalue weighted by atomic mass is 9.85. The molecule has 18 heavy (non-hydrogen) atoms.